The highest BCUT2D eigenvalue weighted by atomic mass is 32.1. The number of fused-ring (bicyclic) bond motifs is 1. The standard InChI is InChI=1S/C10H9NO3S/c12-5-3-7-8-4-6-15-10(8)2-1-9(7)11(13)14/h1-2,4,6,12H,3,5H2. The molecule has 0 radical (unpaired) electrons. The van der Waals surface area contributed by atoms with Crippen molar-refractivity contribution in [1.29, 1.82) is 0 Å². The van der Waals surface area contributed by atoms with Crippen LogP contribution < -0.4 is 0 Å². The zero-order valence-electron chi connectivity index (χ0n) is 7.84. The van der Waals surface area contributed by atoms with Crippen LogP contribution in [0.2, 0.25) is 0 Å². The van der Waals surface area contributed by atoms with E-state index in [1.54, 1.807) is 17.4 Å². The number of rotatable bonds is 3. The summed E-state index contributed by atoms with van der Waals surface area (Å²) in [6.07, 6.45) is 0.324. The fraction of sp³-hybridized carbons (Fsp3) is 0.200. The summed E-state index contributed by atoms with van der Waals surface area (Å²) in [5, 5.41) is 22.5. The molecule has 0 spiro atoms. The zero-order chi connectivity index (χ0) is 10.8. The minimum Gasteiger partial charge on any atom is -0.396 e. The first kappa shape index (κ1) is 10.1. The van der Waals surface area contributed by atoms with E-state index < -0.39 is 4.92 Å². The van der Waals surface area contributed by atoms with Gasteiger partial charge in [-0.1, -0.05) is 0 Å². The SMILES string of the molecule is O=[N+]([O-])c1ccc2sccc2c1CCO. The first-order valence-electron chi connectivity index (χ1n) is 4.48. The lowest BCUT2D eigenvalue weighted by atomic mass is 10.1. The molecule has 15 heavy (non-hydrogen) atoms. The van der Waals surface area contributed by atoms with Crippen LogP contribution in [0.1, 0.15) is 5.56 Å². The Balaban J connectivity index is 2.69. The van der Waals surface area contributed by atoms with E-state index in [0.717, 1.165) is 10.1 Å². The van der Waals surface area contributed by atoms with Crippen molar-refractivity contribution in [2.45, 2.75) is 6.42 Å². The van der Waals surface area contributed by atoms with Gasteiger partial charge in [0.1, 0.15) is 0 Å². The van der Waals surface area contributed by atoms with Gasteiger partial charge in [-0.05, 0) is 17.5 Å². The third-order valence-corrected chi connectivity index (χ3v) is 3.16. The Bertz CT molecular complexity index is 506. The Morgan fingerprint density at radius 3 is 2.87 bits per heavy atom. The molecule has 0 atom stereocenters. The summed E-state index contributed by atoms with van der Waals surface area (Å²) in [5.74, 6) is 0. The number of aliphatic hydroxyl groups excluding tert-OH is 1. The lowest BCUT2D eigenvalue weighted by molar-refractivity contribution is -0.385. The van der Waals surface area contributed by atoms with Crippen LogP contribution >= 0.6 is 11.3 Å². The normalized spacial score (nSPS) is 10.7. The van der Waals surface area contributed by atoms with Crippen LogP contribution in [-0.2, 0) is 6.42 Å². The maximum atomic E-state index is 10.8. The van der Waals surface area contributed by atoms with Gasteiger partial charge in [-0.15, -0.1) is 11.3 Å². The fourth-order valence-electron chi connectivity index (χ4n) is 1.64. The first-order valence-corrected chi connectivity index (χ1v) is 5.36. The number of nitro groups is 1. The monoisotopic (exact) mass is 223 g/mol. The van der Waals surface area contributed by atoms with Crippen molar-refractivity contribution < 1.29 is 10.0 Å². The van der Waals surface area contributed by atoms with Gasteiger partial charge in [-0.2, -0.15) is 0 Å². The van der Waals surface area contributed by atoms with E-state index in [0.29, 0.717) is 12.0 Å². The minimum absolute atomic E-state index is 0.0736. The summed E-state index contributed by atoms with van der Waals surface area (Å²) in [7, 11) is 0. The van der Waals surface area contributed by atoms with E-state index in [2.05, 4.69) is 0 Å². The van der Waals surface area contributed by atoms with Crippen LogP contribution in [-0.4, -0.2) is 16.6 Å². The highest BCUT2D eigenvalue weighted by Gasteiger charge is 2.16. The summed E-state index contributed by atoms with van der Waals surface area (Å²) in [4.78, 5) is 10.4. The van der Waals surface area contributed by atoms with E-state index in [1.807, 2.05) is 11.4 Å². The molecule has 1 N–H and O–H groups in total. The van der Waals surface area contributed by atoms with Crippen LogP contribution in [0.25, 0.3) is 10.1 Å². The second-order valence-corrected chi connectivity index (χ2v) is 4.07. The topological polar surface area (TPSA) is 63.4 Å². The number of nitrogens with zero attached hydrogens (tertiary/aromatic N) is 1. The predicted octanol–water partition coefficient (Wildman–Crippen LogP) is 2.34. The van der Waals surface area contributed by atoms with E-state index in [1.165, 1.54) is 6.07 Å². The van der Waals surface area contributed by atoms with Crippen LogP contribution in [0.5, 0.6) is 0 Å². The molecule has 1 heterocycles. The predicted molar refractivity (Wildman–Crippen MR) is 59.3 cm³/mol. The zero-order valence-corrected chi connectivity index (χ0v) is 8.66. The second-order valence-electron chi connectivity index (χ2n) is 3.13. The molecule has 5 heteroatoms. The van der Waals surface area contributed by atoms with Gasteiger partial charge >= 0.3 is 0 Å². The Kier molecular flexibility index (Phi) is 2.66. The molecule has 1 aromatic carbocycles. The third kappa shape index (κ3) is 1.71. The largest absolute Gasteiger partial charge is 0.396 e. The summed E-state index contributed by atoms with van der Waals surface area (Å²) in [6, 6.07) is 5.11. The molecule has 0 amide bonds. The Hall–Kier alpha value is -1.46. The molecule has 2 rings (SSSR count). The van der Waals surface area contributed by atoms with E-state index >= 15 is 0 Å². The van der Waals surface area contributed by atoms with Crippen molar-refractivity contribution in [2.24, 2.45) is 0 Å². The smallest absolute Gasteiger partial charge is 0.273 e. The number of aliphatic hydroxyl groups is 1. The van der Waals surface area contributed by atoms with Gasteiger partial charge in [0.25, 0.3) is 5.69 Å². The molecule has 0 bridgehead atoms. The highest BCUT2D eigenvalue weighted by Crippen LogP contribution is 2.31. The van der Waals surface area contributed by atoms with Gasteiger partial charge in [-0.25, -0.2) is 0 Å². The average molecular weight is 223 g/mol. The molecular weight excluding hydrogens is 214 g/mol. The number of benzene rings is 1. The Labute approximate surface area is 89.9 Å². The van der Waals surface area contributed by atoms with Gasteiger partial charge in [0, 0.05) is 34.7 Å². The van der Waals surface area contributed by atoms with Gasteiger partial charge in [0.05, 0.1) is 4.92 Å². The third-order valence-electron chi connectivity index (χ3n) is 2.28. The molecule has 0 saturated heterocycles. The van der Waals surface area contributed by atoms with E-state index in [-0.39, 0.29) is 12.3 Å². The van der Waals surface area contributed by atoms with Crippen molar-refractivity contribution in [3.8, 4) is 0 Å². The van der Waals surface area contributed by atoms with Gasteiger partial charge < -0.3 is 5.11 Å². The second kappa shape index (κ2) is 3.96. The summed E-state index contributed by atoms with van der Waals surface area (Å²) in [6.45, 7) is -0.0736. The molecular formula is C10H9NO3S. The van der Waals surface area contributed by atoms with Crippen molar-refractivity contribution in [2.75, 3.05) is 6.61 Å². The van der Waals surface area contributed by atoms with Crippen molar-refractivity contribution in [1.82, 2.24) is 0 Å². The van der Waals surface area contributed by atoms with Crippen molar-refractivity contribution in [3.05, 3.63) is 39.3 Å². The number of hydrogen-bond acceptors (Lipinski definition) is 4. The lowest BCUT2D eigenvalue weighted by Crippen LogP contribution is -1.98. The number of nitro benzene ring substituents is 1. The molecule has 0 aliphatic carbocycles. The molecule has 78 valence electrons. The van der Waals surface area contributed by atoms with E-state index in [4.69, 9.17) is 5.11 Å². The molecule has 0 aliphatic rings. The molecule has 0 unspecified atom stereocenters. The van der Waals surface area contributed by atoms with Gasteiger partial charge in [-0.3, -0.25) is 10.1 Å². The molecule has 0 saturated carbocycles. The van der Waals surface area contributed by atoms with Crippen LogP contribution in [0, 0.1) is 10.1 Å². The van der Waals surface area contributed by atoms with Gasteiger partial charge in [0.2, 0.25) is 0 Å². The van der Waals surface area contributed by atoms with Crippen molar-refractivity contribution >= 4 is 27.1 Å². The maximum absolute atomic E-state index is 10.8. The molecule has 4 nitrogen and oxygen atoms in total. The Morgan fingerprint density at radius 2 is 2.20 bits per heavy atom. The molecule has 0 aliphatic heterocycles. The lowest BCUT2D eigenvalue weighted by Gasteiger charge is -2.02. The number of thiophene rings is 1. The maximum Gasteiger partial charge on any atom is 0.273 e. The molecule has 1 aromatic heterocycles. The summed E-state index contributed by atoms with van der Waals surface area (Å²) < 4.78 is 1.02. The number of hydrogen-bond donors (Lipinski definition) is 1. The Morgan fingerprint density at radius 1 is 1.40 bits per heavy atom. The minimum atomic E-state index is -0.401. The quantitative estimate of drug-likeness (QED) is 0.641. The van der Waals surface area contributed by atoms with Gasteiger partial charge in [0.15, 0.2) is 0 Å². The van der Waals surface area contributed by atoms with Crippen LogP contribution in [0.4, 0.5) is 5.69 Å². The van der Waals surface area contributed by atoms with E-state index in [9.17, 15) is 10.1 Å². The fourth-order valence-corrected chi connectivity index (χ4v) is 2.45. The molecule has 2 aromatic rings. The van der Waals surface area contributed by atoms with Crippen molar-refractivity contribution in [3.63, 3.8) is 0 Å². The summed E-state index contributed by atoms with van der Waals surface area (Å²) in [5.41, 5.74) is 0.719. The summed E-state index contributed by atoms with van der Waals surface area (Å²) >= 11 is 1.54. The highest BCUT2D eigenvalue weighted by molar-refractivity contribution is 7.17. The average Bonchev–Trinajstić information content (AvgIpc) is 2.66. The van der Waals surface area contributed by atoms with Crippen LogP contribution in [0.15, 0.2) is 23.6 Å². The molecule has 0 fully saturated rings. The first-order chi connectivity index (χ1) is 7.24. The van der Waals surface area contributed by atoms with Crippen LogP contribution in [0.3, 0.4) is 0 Å².